The molecule has 0 unspecified atom stereocenters. The molecule has 0 spiro atoms. The zero-order valence-electron chi connectivity index (χ0n) is 13.8. The summed E-state index contributed by atoms with van der Waals surface area (Å²) in [5.41, 5.74) is 1.26. The minimum Gasteiger partial charge on any atom is -0.375 e. The second kappa shape index (κ2) is 7.25. The van der Waals surface area contributed by atoms with E-state index in [9.17, 15) is 9.59 Å². The Morgan fingerprint density at radius 1 is 1.36 bits per heavy atom. The Morgan fingerprint density at radius 2 is 2.16 bits per heavy atom. The van der Waals surface area contributed by atoms with Gasteiger partial charge < -0.3 is 10.2 Å². The van der Waals surface area contributed by atoms with Gasteiger partial charge in [-0.05, 0) is 23.6 Å². The molecule has 2 heterocycles. The van der Waals surface area contributed by atoms with E-state index in [1.54, 1.807) is 24.3 Å². The maximum absolute atomic E-state index is 12.3. The molecule has 3 aromatic rings. The molecule has 0 aliphatic rings. The molecule has 1 N–H and O–H groups in total. The van der Waals surface area contributed by atoms with Crippen LogP contribution in [0.3, 0.4) is 0 Å². The van der Waals surface area contributed by atoms with Gasteiger partial charge in [-0.3, -0.25) is 14.2 Å². The van der Waals surface area contributed by atoms with Gasteiger partial charge in [-0.25, -0.2) is 4.98 Å². The molecule has 25 heavy (non-hydrogen) atoms. The molecule has 0 saturated carbocycles. The lowest BCUT2D eigenvalue weighted by molar-refractivity contribution is -0.116. The molecule has 0 fully saturated rings. The van der Waals surface area contributed by atoms with Crippen LogP contribution in [0.2, 0.25) is 5.02 Å². The maximum Gasteiger partial charge on any atom is 0.262 e. The average Bonchev–Trinajstić information content (AvgIpc) is 3.03. The number of hydrogen-bond acceptors (Lipinski definition) is 5. The molecular formula is C17H17ClN4O2S. The SMILES string of the molecule is CN(C)c1c(Cl)cccc1NC(=O)CCn1cnc2sccc2c1=O. The fourth-order valence-corrected chi connectivity index (χ4v) is 3.62. The second-order valence-electron chi connectivity index (χ2n) is 5.71. The molecule has 6 nitrogen and oxygen atoms in total. The van der Waals surface area contributed by atoms with Gasteiger partial charge in [0.15, 0.2) is 0 Å². The lowest BCUT2D eigenvalue weighted by Crippen LogP contribution is -2.23. The van der Waals surface area contributed by atoms with Gasteiger partial charge in [0.25, 0.3) is 5.56 Å². The van der Waals surface area contributed by atoms with Crippen molar-refractivity contribution in [1.29, 1.82) is 0 Å². The number of anilines is 2. The number of halogens is 1. The molecular weight excluding hydrogens is 360 g/mol. The van der Waals surface area contributed by atoms with Crippen molar-refractivity contribution in [3.63, 3.8) is 0 Å². The van der Waals surface area contributed by atoms with Crippen molar-refractivity contribution in [2.45, 2.75) is 13.0 Å². The Labute approximate surface area is 153 Å². The molecule has 2 aromatic heterocycles. The van der Waals surface area contributed by atoms with Crippen LogP contribution in [-0.4, -0.2) is 29.6 Å². The Balaban J connectivity index is 1.72. The number of fused-ring (bicyclic) bond motifs is 1. The number of para-hydroxylation sites is 1. The van der Waals surface area contributed by atoms with Crippen LogP contribution >= 0.6 is 22.9 Å². The third kappa shape index (κ3) is 3.67. The number of hydrogen-bond donors (Lipinski definition) is 1. The van der Waals surface area contributed by atoms with Crippen LogP contribution in [0.1, 0.15) is 6.42 Å². The van der Waals surface area contributed by atoms with Crippen molar-refractivity contribution in [3.8, 4) is 0 Å². The number of benzene rings is 1. The number of aryl methyl sites for hydroxylation is 1. The van der Waals surface area contributed by atoms with Crippen LogP contribution in [-0.2, 0) is 11.3 Å². The van der Waals surface area contributed by atoms with Gasteiger partial charge in [0, 0.05) is 27.1 Å². The van der Waals surface area contributed by atoms with E-state index in [1.807, 2.05) is 24.4 Å². The van der Waals surface area contributed by atoms with Crippen molar-refractivity contribution in [3.05, 3.63) is 51.3 Å². The van der Waals surface area contributed by atoms with Crippen molar-refractivity contribution >= 4 is 50.4 Å². The zero-order valence-corrected chi connectivity index (χ0v) is 15.4. The summed E-state index contributed by atoms with van der Waals surface area (Å²) >= 11 is 7.62. The Hall–Kier alpha value is -2.38. The minimum absolute atomic E-state index is 0.129. The van der Waals surface area contributed by atoms with Gasteiger partial charge in [-0.2, -0.15) is 0 Å². The largest absolute Gasteiger partial charge is 0.375 e. The van der Waals surface area contributed by atoms with Crippen LogP contribution < -0.4 is 15.8 Å². The van der Waals surface area contributed by atoms with Crippen LogP contribution in [0.15, 0.2) is 40.8 Å². The summed E-state index contributed by atoms with van der Waals surface area (Å²) in [6, 6.07) is 7.10. The molecule has 130 valence electrons. The smallest absolute Gasteiger partial charge is 0.262 e. The Bertz CT molecular complexity index is 980. The summed E-state index contributed by atoms with van der Waals surface area (Å²) in [6.07, 6.45) is 1.65. The summed E-state index contributed by atoms with van der Waals surface area (Å²) in [7, 11) is 3.72. The molecule has 0 radical (unpaired) electrons. The van der Waals surface area contributed by atoms with Crippen molar-refractivity contribution in [2.75, 3.05) is 24.3 Å². The van der Waals surface area contributed by atoms with E-state index < -0.39 is 0 Å². The van der Waals surface area contributed by atoms with Crippen LogP contribution in [0, 0.1) is 0 Å². The highest BCUT2D eigenvalue weighted by atomic mass is 35.5. The third-order valence-electron chi connectivity index (χ3n) is 3.74. The van der Waals surface area contributed by atoms with Gasteiger partial charge >= 0.3 is 0 Å². The number of rotatable bonds is 5. The van der Waals surface area contributed by atoms with Gasteiger partial charge in [0.2, 0.25) is 5.91 Å². The van der Waals surface area contributed by atoms with Crippen LogP contribution in [0.5, 0.6) is 0 Å². The molecule has 8 heteroatoms. The van der Waals surface area contributed by atoms with E-state index in [2.05, 4.69) is 10.3 Å². The number of nitrogens with one attached hydrogen (secondary N) is 1. The van der Waals surface area contributed by atoms with E-state index in [0.717, 1.165) is 5.69 Å². The highest BCUT2D eigenvalue weighted by molar-refractivity contribution is 7.16. The molecule has 3 rings (SSSR count). The summed E-state index contributed by atoms with van der Waals surface area (Å²) in [4.78, 5) is 31.4. The van der Waals surface area contributed by atoms with Gasteiger partial charge in [-0.1, -0.05) is 17.7 Å². The zero-order chi connectivity index (χ0) is 18.0. The van der Waals surface area contributed by atoms with Crippen LogP contribution in [0.4, 0.5) is 11.4 Å². The lowest BCUT2D eigenvalue weighted by atomic mass is 10.2. The summed E-state index contributed by atoms with van der Waals surface area (Å²) < 4.78 is 1.46. The standard InChI is InChI=1S/C17H17ClN4O2S/c1-21(2)15-12(18)4-3-5-13(15)20-14(23)6-8-22-10-19-16-11(17(22)24)7-9-25-16/h3-5,7,9-10H,6,8H2,1-2H3,(H,20,23). The summed E-state index contributed by atoms with van der Waals surface area (Å²) in [5.74, 6) is -0.192. The molecule has 0 aliphatic carbocycles. The predicted molar refractivity (Wildman–Crippen MR) is 103 cm³/mol. The third-order valence-corrected chi connectivity index (χ3v) is 4.86. The number of carbonyl (C=O) groups excluding carboxylic acids is 1. The molecule has 1 aromatic carbocycles. The average molecular weight is 377 g/mol. The summed E-state index contributed by atoms with van der Waals surface area (Å²) in [6.45, 7) is 0.265. The number of aromatic nitrogens is 2. The quantitative estimate of drug-likeness (QED) is 0.742. The van der Waals surface area contributed by atoms with Crippen LogP contribution in [0.25, 0.3) is 10.2 Å². The molecule has 0 bridgehead atoms. The summed E-state index contributed by atoms with van der Waals surface area (Å²) in [5, 5.41) is 5.83. The first-order valence-corrected chi connectivity index (χ1v) is 8.91. The fourth-order valence-electron chi connectivity index (χ4n) is 2.56. The maximum atomic E-state index is 12.3. The van der Waals surface area contributed by atoms with Gasteiger partial charge in [-0.15, -0.1) is 11.3 Å². The molecule has 0 saturated heterocycles. The van der Waals surface area contributed by atoms with Crippen molar-refractivity contribution in [2.24, 2.45) is 0 Å². The van der Waals surface area contributed by atoms with E-state index >= 15 is 0 Å². The molecule has 0 atom stereocenters. The number of amides is 1. The fraction of sp³-hybridized carbons (Fsp3) is 0.235. The van der Waals surface area contributed by atoms with E-state index in [4.69, 9.17) is 11.6 Å². The first-order valence-electron chi connectivity index (χ1n) is 7.65. The second-order valence-corrected chi connectivity index (χ2v) is 7.01. The Morgan fingerprint density at radius 3 is 2.92 bits per heavy atom. The number of carbonyl (C=O) groups is 1. The first kappa shape index (κ1) is 17.4. The Kier molecular flexibility index (Phi) is 5.06. The first-order chi connectivity index (χ1) is 12.0. The topological polar surface area (TPSA) is 67.2 Å². The number of thiophene rings is 1. The molecule has 1 amide bonds. The predicted octanol–water partition coefficient (Wildman–Crippen LogP) is 3.21. The highest BCUT2D eigenvalue weighted by Gasteiger charge is 2.12. The number of nitrogens with zero attached hydrogens (tertiary/aromatic N) is 3. The van der Waals surface area contributed by atoms with E-state index in [-0.39, 0.29) is 24.4 Å². The molecule has 0 aliphatic heterocycles. The van der Waals surface area contributed by atoms with Crippen molar-refractivity contribution in [1.82, 2.24) is 9.55 Å². The van der Waals surface area contributed by atoms with Crippen molar-refractivity contribution < 1.29 is 4.79 Å². The van der Waals surface area contributed by atoms with E-state index in [1.165, 1.54) is 22.2 Å². The minimum atomic E-state index is -0.192. The monoisotopic (exact) mass is 376 g/mol. The highest BCUT2D eigenvalue weighted by Crippen LogP contribution is 2.32. The van der Waals surface area contributed by atoms with Gasteiger partial charge in [0.05, 0.1) is 28.1 Å². The lowest BCUT2D eigenvalue weighted by Gasteiger charge is -2.19. The van der Waals surface area contributed by atoms with Gasteiger partial charge in [0.1, 0.15) is 4.83 Å². The van der Waals surface area contributed by atoms with E-state index in [0.29, 0.717) is 20.9 Å². The normalized spacial score (nSPS) is 10.8.